The minimum atomic E-state index is -3.43. The number of nitrogens with one attached hydrogen (secondary N) is 1. The Kier molecular flexibility index (Phi) is 6.43. The topological polar surface area (TPSA) is 54.3 Å². The molecule has 1 atom stereocenters. The van der Waals surface area contributed by atoms with Crippen molar-refractivity contribution in [3.63, 3.8) is 0 Å². The predicted octanol–water partition coefficient (Wildman–Crippen LogP) is 2.60. The molecule has 0 radical (unpaired) electrons. The lowest BCUT2D eigenvalue weighted by atomic mass is 10.3. The molecule has 0 spiro atoms. The summed E-state index contributed by atoms with van der Waals surface area (Å²) in [5, 5.41) is 3.09. The van der Waals surface area contributed by atoms with Gasteiger partial charge in [-0.1, -0.05) is 13.8 Å². The van der Waals surface area contributed by atoms with Gasteiger partial charge in [-0.05, 0) is 40.3 Å². The zero-order valence-electron chi connectivity index (χ0n) is 14.0. The fourth-order valence-electron chi connectivity index (χ4n) is 2.50. The van der Waals surface area contributed by atoms with Gasteiger partial charge in [0, 0.05) is 37.1 Å². The fraction of sp³-hybridized carbons (Fsp3) is 0.733. The van der Waals surface area contributed by atoms with Crippen molar-refractivity contribution >= 4 is 10.0 Å². The fourth-order valence-corrected chi connectivity index (χ4v) is 4.26. The molecule has 6 heteroatoms. The van der Waals surface area contributed by atoms with E-state index in [4.69, 9.17) is 0 Å². The van der Waals surface area contributed by atoms with Crippen LogP contribution in [0, 0.1) is 0 Å². The van der Waals surface area contributed by atoms with E-state index >= 15 is 0 Å². The summed E-state index contributed by atoms with van der Waals surface area (Å²) in [7, 11) is -1.57. The summed E-state index contributed by atoms with van der Waals surface area (Å²) in [4.78, 5) is 0.392. The highest BCUT2D eigenvalue weighted by atomic mass is 32.2. The third-order valence-electron chi connectivity index (χ3n) is 3.82. The maximum absolute atomic E-state index is 12.8. The molecule has 5 nitrogen and oxygen atoms in total. The highest BCUT2D eigenvalue weighted by Gasteiger charge is 2.28. The number of sulfonamides is 1. The molecule has 0 aliphatic heterocycles. The molecule has 0 aliphatic rings. The van der Waals surface area contributed by atoms with Crippen molar-refractivity contribution in [3.05, 3.63) is 18.0 Å². The van der Waals surface area contributed by atoms with Gasteiger partial charge in [0.1, 0.15) is 4.90 Å². The van der Waals surface area contributed by atoms with Crippen LogP contribution in [0.5, 0.6) is 0 Å². The van der Waals surface area contributed by atoms with Crippen molar-refractivity contribution in [2.45, 2.75) is 64.6 Å². The molecule has 122 valence electrons. The molecule has 0 bridgehead atoms. The Balaban J connectivity index is 3.28. The van der Waals surface area contributed by atoms with Crippen LogP contribution in [0.15, 0.2) is 17.2 Å². The average Bonchev–Trinajstić information content (AvgIpc) is 2.84. The van der Waals surface area contributed by atoms with Gasteiger partial charge in [-0.25, -0.2) is 8.42 Å². The lowest BCUT2D eigenvalue weighted by Gasteiger charge is -2.25. The van der Waals surface area contributed by atoms with Gasteiger partial charge in [-0.3, -0.25) is 0 Å². The summed E-state index contributed by atoms with van der Waals surface area (Å²) in [6, 6.07) is 2.03. The minimum Gasteiger partial charge on any atom is -0.346 e. The van der Waals surface area contributed by atoms with E-state index in [-0.39, 0.29) is 12.1 Å². The number of nitrogens with zero attached hydrogens (tertiary/aromatic N) is 2. The summed E-state index contributed by atoms with van der Waals surface area (Å²) in [6.45, 7) is 11.1. The maximum Gasteiger partial charge on any atom is 0.244 e. The smallest absolute Gasteiger partial charge is 0.244 e. The molecule has 0 saturated heterocycles. The van der Waals surface area contributed by atoms with Crippen LogP contribution in [-0.4, -0.2) is 36.9 Å². The first-order chi connectivity index (χ1) is 9.79. The monoisotopic (exact) mass is 315 g/mol. The van der Waals surface area contributed by atoms with Crippen molar-refractivity contribution < 1.29 is 8.42 Å². The van der Waals surface area contributed by atoms with Crippen LogP contribution in [-0.2, 0) is 16.6 Å². The molecule has 1 rings (SSSR count). The number of hydrogen-bond donors (Lipinski definition) is 1. The van der Waals surface area contributed by atoms with Gasteiger partial charge >= 0.3 is 0 Å². The molecule has 0 aliphatic carbocycles. The molecule has 0 aromatic carbocycles. The molecule has 0 fully saturated rings. The van der Waals surface area contributed by atoms with Gasteiger partial charge in [-0.2, -0.15) is 4.31 Å². The van der Waals surface area contributed by atoms with Gasteiger partial charge in [0.05, 0.1) is 0 Å². The lowest BCUT2D eigenvalue weighted by molar-refractivity contribution is 0.342. The second-order valence-electron chi connectivity index (χ2n) is 5.66. The van der Waals surface area contributed by atoms with Crippen molar-refractivity contribution in [2.75, 3.05) is 13.6 Å². The van der Waals surface area contributed by atoms with Crippen molar-refractivity contribution in [1.29, 1.82) is 0 Å². The first-order valence-electron chi connectivity index (χ1n) is 7.66. The van der Waals surface area contributed by atoms with Gasteiger partial charge < -0.3 is 9.88 Å². The number of rotatable bonds is 8. The van der Waals surface area contributed by atoms with Gasteiger partial charge in [0.2, 0.25) is 10.0 Å². The van der Waals surface area contributed by atoms with Crippen molar-refractivity contribution in [3.8, 4) is 0 Å². The third kappa shape index (κ3) is 3.87. The first kappa shape index (κ1) is 18.2. The number of aromatic nitrogens is 1. The Morgan fingerprint density at radius 1 is 1.29 bits per heavy atom. The van der Waals surface area contributed by atoms with Crippen LogP contribution in [0.3, 0.4) is 0 Å². The van der Waals surface area contributed by atoms with Crippen LogP contribution < -0.4 is 5.32 Å². The summed E-state index contributed by atoms with van der Waals surface area (Å²) >= 11 is 0. The Bertz CT molecular complexity index is 549. The van der Waals surface area contributed by atoms with Crippen LogP contribution in [0.2, 0.25) is 0 Å². The number of hydrogen-bond acceptors (Lipinski definition) is 3. The average molecular weight is 315 g/mol. The molecule has 0 amide bonds. The lowest BCUT2D eigenvalue weighted by Crippen LogP contribution is -2.37. The second-order valence-corrected chi connectivity index (χ2v) is 7.55. The maximum atomic E-state index is 12.8. The quantitative estimate of drug-likeness (QED) is 0.802. The van der Waals surface area contributed by atoms with Gasteiger partial charge in [-0.15, -0.1) is 0 Å². The standard InChI is InChI=1S/C15H29N3O2S/c1-7-13(5)18(8-2)21(19,20)15-9-14(10-16-6)17(11-15)12(3)4/h9,11-13,16H,7-8,10H2,1-6H3. The Morgan fingerprint density at radius 3 is 2.33 bits per heavy atom. The van der Waals surface area contributed by atoms with Crippen LogP contribution in [0.25, 0.3) is 0 Å². The summed E-state index contributed by atoms with van der Waals surface area (Å²) in [6.07, 6.45) is 2.57. The molecular formula is C15H29N3O2S. The molecule has 1 aromatic heterocycles. The van der Waals surface area contributed by atoms with Crippen molar-refractivity contribution in [2.24, 2.45) is 0 Å². The van der Waals surface area contributed by atoms with Crippen LogP contribution >= 0.6 is 0 Å². The van der Waals surface area contributed by atoms with Crippen LogP contribution in [0.4, 0.5) is 0 Å². The molecule has 1 heterocycles. The largest absolute Gasteiger partial charge is 0.346 e. The van der Waals surface area contributed by atoms with Crippen LogP contribution in [0.1, 0.15) is 52.8 Å². The van der Waals surface area contributed by atoms with E-state index < -0.39 is 10.0 Å². The van der Waals surface area contributed by atoms with E-state index in [0.717, 1.165) is 12.1 Å². The predicted molar refractivity (Wildman–Crippen MR) is 86.9 cm³/mol. The van der Waals surface area contributed by atoms with E-state index in [9.17, 15) is 8.42 Å². The molecule has 1 N–H and O–H groups in total. The third-order valence-corrected chi connectivity index (χ3v) is 5.88. The van der Waals surface area contributed by atoms with E-state index in [1.165, 1.54) is 0 Å². The summed E-state index contributed by atoms with van der Waals surface area (Å²) in [5.74, 6) is 0. The highest BCUT2D eigenvalue weighted by molar-refractivity contribution is 7.89. The van der Waals surface area contributed by atoms with Gasteiger partial charge in [0.25, 0.3) is 0 Å². The normalized spacial score (nSPS) is 14.1. The van der Waals surface area contributed by atoms with Gasteiger partial charge in [0.15, 0.2) is 0 Å². The second kappa shape index (κ2) is 7.42. The molecule has 1 unspecified atom stereocenters. The summed E-state index contributed by atoms with van der Waals surface area (Å²) in [5.41, 5.74) is 0.992. The Labute approximate surface area is 129 Å². The molecule has 1 aromatic rings. The zero-order valence-corrected chi connectivity index (χ0v) is 14.9. The molecule has 21 heavy (non-hydrogen) atoms. The zero-order chi connectivity index (χ0) is 16.2. The van der Waals surface area contributed by atoms with E-state index in [1.807, 2.05) is 32.4 Å². The van der Waals surface area contributed by atoms with E-state index in [2.05, 4.69) is 19.2 Å². The Morgan fingerprint density at radius 2 is 1.90 bits per heavy atom. The minimum absolute atomic E-state index is 0.00940. The van der Waals surface area contributed by atoms with E-state index in [0.29, 0.717) is 18.0 Å². The molecular weight excluding hydrogens is 286 g/mol. The summed E-state index contributed by atoms with van der Waals surface area (Å²) < 4.78 is 29.3. The highest BCUT2D eigenvalue weighted by Crippen LogP contribution is 2.24. The Hall–Kier alpha value is -0.850. The SMILES string of the molecule is CCC(C)N(CC)S(=O)(=O)c1cc(CNC)n(C(C)C)c1. The first-order valence-corrected chi connectivity index (χ1v) is 9.10. The van der Waals surface area contributed by atoms with E-state index in [1.54, 1.807) is 16.6 Å². The van der Waals surface area contributed by atoms with Crippen molar-refractivity contribution in [1.82, 2.24) is 14.2 Å². The molecule has 0 saturated carbocycles.